The number of thiazole rings is 1. The first kappa shape index (κ1) is 16.9. The summed E-state index contributed by atoms with van der Waals surface area (Å²) in [5.41, 5.74) is 1.80. The molecule has 0 unspecified atom stereocenters. The molecular formula is C17H18ClN3O2S. The van der Waals surface area contributed by atoms with Gasteiger partial charge in [0, 0.05) is 22.9 Å². The third-order valence-corrected chi connectivity index (χ3v) is 4.78. The zero-order valence-electron chi connectivity index (χ0n) is 13.0. The van der Waals surface area contributed by atoms with Gasteiger partial charge in [-0.15, -0.1) is 11.3 Å². The molecule has 0 bridgehead atoms. The standard InChI is InChI=1S/C17H18ClN3O2S/c18-13-5-1-11(2-6-13)7-8-19-15(22)9-14-10-24-17(20-14)21-16(23)12-3-4-12/h1-2,5-6,10,12H,3-4,7-9H2,(H,19,22)(H,20,21,23). The van der Waals surface area contributed by atoms with Crippen LogP contribution >= 0.6 is 22.9 Å². The van der Waals surface area contributed by atoms with Crippen LogP contribution in [0, 0.1) is 5.92 Å². The van der Waals surface area contributed by atoms with Crippen LogP contribution in [0.4, 0.5) is 5.13 Å². The predicted molar refractivity (Wildman–Crippen MR) is 95.3 cm³/mol. The molecule has 7 heteroatoms. The molecule has 0 radical (unpaired) electrons. The SMILES string of the molecule is O=C(Cc1csc(NC(=O)C2CC2)n1)NCCc1ccc(Cl)cc1. The first-order valence-corrected chi connectivity index (χ1v) is 9.12. The number of hydrogen-bond acceptors (Lipinski definition) is 4. The molecule has 5 nitrogen and oxygen atoms in total. The van der Waals surface area contributed by atoms with Gasteiger partial charge in [0.25, 0.3) is 0 Å². The smallest absolute Gasteiger partial charge is 0.229 e. The lowest BCUT2D eigenvalue weighted by Crippen LogP contribution is -2.27. The maximum Gasteiger partial charge on any atom is 0.229 e. The Morgan fingerprint density at radius 1 is 1.25 bits per heavy atom. The molecule has 1 aromatic carbocycles. The van der Waals surface area contributed by atoms with Crippen LogP contribution in [0.25, 0.3) is 0 Å². The average Bonchev–Trinajstić information content (AvgIpc) is 3.32. The Labute approximate surface area is 149 Å². The second kappa shape index (κ2) is 7.77. The van der Waals surface area contributed by atoms with E-state index in [2.05, 4.69) is 15.6 Å². The second-order valence-electron chi connectivity index (χ2n) is 5.81. The fraction of sp³-hybridized carbons (Fsp3) is 0.353. The lowest BCUT2D eigenvalue weighted by molar-refractivity contribution is -0.120. The summed E-state index contributed by atoms with van der Waals surface area (Å²) in [6.07, 6.45) is 2.89. The number of rotatable bonds is 7. The van der Waals surface area contributed by atoms with Crippen molar-refractivity contribution in [2.45, 2.75) is 25.7 Å². The van der Waals surface area contributed by atoms with Crippen LogP contribution in [0.2, 0.25) is 5.02 Å². The zero-order chi connectivity index (χ0) is 16.9. The lowest BCUT2D eigenvalue weighted by Gasteiger charge is -2.04. The van der Waals surface area contributed by atoms with Crippen LogP contribution < -0.4 is 10.6 Å². The van der Waals surface area contributed by atoms with Gasteiger partial charge in [0.05, 0.1) is 12.1 Å². The summed E-state index contributed by atoms with van der Waals surface area (Å²) >= 11 is 7.19. The highest BCUT2D eigenvalue weighted by atomic mass is 35.5. The Morgan fingerprint density at radius 2 is 2.00 bits per heavy atom. The molecule has 0 spiro atoms. The Morgan fingerprint density at radius 3 is 2.71 bits per heavy atom. The summed E-state index contributed by atoms with van der Waals surface area (Å²) in [5.74, 6) is 0.103. The number of amides is 2. The number of hydrogen-bond donors (Lipinski definition) is 2. The van der Waals surface area contributed by atoms with E-state index in [0.717, 1.165) is 24.8 Å². The number of halogens is 1. The minimum absolute atomic E-state index is 0.0308. The number of aromatic nitrogens is 1. The van der Waals surface area contributed by atoms with E-state index < -0.39 is 0 Å². The topological polar surface area (TPSA) is 71.1 Å². The number of benzene rings is 1. The number of nitrogens with zero attached hydrogens (tertiary/aromatic N) is 1. The molecule has 1 aromatic heterocycles. The minimum Gasteiger partial charge on any atom is -0.355 e. The van der Waals surface area contributed by atoms with Gasteiger partial charge in [-0.05, 0) is 37.0 Å². The van der Waals surface area contributed by atoms with Crippen LogP contribution in [0.1, 0.15) is 24.1 Å². The summed E-state index contributed by atoms with van der Waals surface area (Å²) in [4.78, 5) is 27.9. The van der Waals surface area contributed by atoms with Gasteiger partial charge in [-0.3, -0.25) is 9.59 Å². The maximum atomic E-state index is 12.0. The van der Waals surface area contributed by atoms with Gasteiger partial charge in [-0.2, -0.15) is 0 Å². The van der Waals surface area contributed by atoms with E-state index >= 15 is 0 Å². The molecule has 24 heavy (non-hydrogen) atoms. The van der Waals surface area contributed by atoms with Crippen molar-refractivity contribution in [2.75, 3.05) is 11.9 Å². The summed E-state index contributed by atoms with van der Waals surface area (Å²) in [7, 11) is 0. The molecule has 126 valence electrons. The van der Waals surface area contributed by atoms with Crippen LogP contribution in [-0.2, 0) is 22.4 Å². The highest BCUT2D eigenvalue weighted by Crippen LogP contribution is 2.30. The molecule has 0 saturated heterocycles. The second-order valence-corrected chi connectivity index (χ2v) is 7.11. The average molecular weight is 364 g/mol. The van der Waals surface area contributed by atoms with Crippen molar-refractivity contribution < 1.29 is 9.59 Å². The molecule has 0 atom stereocenters. The molecule has 2 aromatic rings. The van der Waals surface area contributed by atoms with Crippen molar-refractivity contribution in [2.24, 2.45) is 5.92 Å². The van der Waals surface area contributed by atoms with Crippen molar-refractivity contribution in [3.63, 3.8) is 0 Å². The van der Waals surface area contributed by atoms with Gasteiger partial charge in [-0.25, -0.2) is 4.98 Å². The maximum absolute atomic E-state index is 12.0. The minimum atomic E-state index is -0.0747. The Balaban J connectivity index is 1.40. The number of carbonyl (C=O) groups is 2. The zero-order valence-corrected chi connectivity index (χ0v) is 14.6. The molecule has 2 amide bonds. The normalized spacial score (nSPS) is 13.5. The summed E-state index contributed by atoms with van der Waals surface area (Å²) in [6, 6.07) is 7.57. The quantitative estimate of drug-likeness (QED) is 0.794. The van der Waals surface area contributed by atoms with Crippen molar-refractivity contribution in [1.29, 1.82) is 0 Å². The van der Waals surface area contributed by atoms with Crippen LogP contribution in [-0.4, -0.2) is 23.3 Å². The molecule has 0 aliphatic heterocycles. The number of carbonyl (C=O) groups excluding carboxylic acids is 2. The van der Waals surface area contributed by atoms with Gasteiger partial charge in [0.1, 0.15) is 0 Å². The number of nitrogens with one attached hydrogen (secondary N) is 2. The van der Waals surface area contributed by atoms with Gasteiger partial charge in [-0.1, -0.05) is 23.7 Å². The first-order valence-electron chi connectivity index (χ1n) is 7.86. The highest BCUT2D eigenvalue weighted by Gasteiger charge is 2.30. The predicted octanol–water partition coefficient (Wildman–Crippen LogP) is 3.05. The Bertz CT molecular complexity index is 726. The largest absolute Gasteiger partial charge is 0.355 e. The highest BCUT2D eigenvalue weighted by molar-refractivity contribution is 7.13. The molecule has 2 N–H and O–H groups in total. The van der Waals surface area contributed by atoms with E-state index in [-0.39, 0.29) is 24.2 Å². The van der Waals surface area contributed by atoms with E-state index in [1.54, 1.807) is 5.38 Å². The molecule has 1 aliphatic rings. The van der Waals surface area contributed by atoms with Crippen LogP contribution in [0.15, 0.2) is 29.6 Å². The fourth-order valence-electron chi connectivity index (χ4n) is 2.22. The lowest BCUT2D eigenvalue weighted by atomic mass is 10.1. The summed E-state index contributed by atoms with van der Waals surface area (Å²) in [5, 5.41) is 8.75. The van der Waals surface area contributed by atoms with Gasteiger partial charge < -0.3 is 10.6 Å². The molecule has 1 aliphatic carbocycles. The van der Waals surface area contributed by atoms with Crippen molar-refractivity contribution in [3.05, 3.63) is 45.9 Å². The molecule has 1 heterocycles. The monoisotopic (exact) mass is 363 g/mol. The first-order chi connectivity index (χ1) is 11.6. The summed E-state index contributed by atoms with van der Waals surface area (Å²) in [6.45, 7) is 0.565. The van der Waals surface area contributed by atoms with E-state index in [4.69, 9.17) is 11.6 Å². The van der Waals surface area contributed by atoms with Crippen LogP contribution in [0.5, 0.6) is 0 Å². The van der Waals surface area contributed by atoms with Gasteiger partial charge in [0.2, 0.25) is 11.8 Å². The Kier molecular flexibility index (Phi) is 5.48. The third-order valence-electron chi connectivity index (χ3n) is 3.72. The van der Waals surface area contributed by atoms with Gasteiger partial charge in [0.15, 0.2) is 5.13 Å². The van der Waals surface area contributed by atoms with E-state index in [1.807, 2.05) is 24.3 Å². The molecule has 3 rings (SSSR count). The molecular weight excluding hydrogens is 346 g/mol. The van der Waals surface area contributed by atoms with E-state index in [9.17, 15) is 9.59 Å². The van der Waals surface area contributed by atoms with Crippen LogP contribution in [0.3, 0.4) is 0 Å². The van der Waals surface area contributed by atoms with Crippen molar-refractivity contribution in [3.8, 4) is 0 Å². The fourth-order valence-corrected chi connectivity index (χ4v) is 3.06. The number of anilines is 1. The van der Waals surface area contributed by atoms with E-state index in [0.29, 0.717) is 22.4 Å². The van der Waals surface area contributed by atoms with Crippen molar-refractivity contribution in [1.82, 2.24) is 10.3 Å². The van der Waals surface area contributed by atoms with E-state index in [1.165, 1.54) is 11.3 Å². The van der Waals surface area contributed by atoms with Crippen molar-refractivity contribution >= 4 is 39.9 Å². The van der Waals surface area contributed by atoms with Gasteiger partial charge >= 0.3 is 0 Å². The summed E-state index contributed by atoms with van der Waals surface area (Å²) < 4.78 is 0. The Hall–Kier alpha value is -1.92. The molecule has 1 fully saturated rings. The third kappa shape index (κ3) is 5.04. The molecule has 1 saturated carbocycles.